The zero-order valence-electron chi connectivity index (χ0n) is 21.0. The molecule has 2 aromatic heterocycles. The fraction of sp³-hybridized carbons (Fsp3) is 0.259. The number of hydrogen-bond donors (Lipinski definition) is 1. The van der Waals surface area contributed by atoms with Gasteiger partial charge in [0.05, 0.1) is 23.5 Å². The minimum absolute atomic E-state index is 0.0250. The van der Waals surface area contributed by atoms with E-state index < -0.39 is 11.2 Å². The van der Waals surface area contributed by atoms with Crippen molar-refractivity contribution in [1.29, 1.82) is 0 Å². The average molecular weight is 541 g/mol. The molecular formula is C27H26Cl2N4O4. The first kappa shape index (κ1) is 26.6. The maximum absolute atomic E-state index is 13.3. The molecule has 0 bridgehead atoms. The van der Waals surface area contributed by atoms with Crippen molar-refractivity contribution < 1.29 is 14.6 Å². The Kier molecular flexibility index (Phi) is 7.54. The molecule has 0 fully saturated rings. The number of aromatic nitrogens is 4. The molecule has 0 atom stereocenters. The molecule has 0 saturated carbocycles. The lowest BCUT2D eigenvalue weighted by Gasteiger charge is -2.18. The largest absolute Gasteiger partial charge is 0.497 e. The molecule has 4 rings (SSSR count). The monoisotopic (exact) mass is 540 g/mol. The summed E-state index contributed by atoms with van der Waals surface area (Å²) in [7, 11) is 1.58. The molecule has 192 valence electrons. The van der Waals surface area contributed by atoms with Crippen LogP contribution in [-0.4, -0.2) is 31.7 Å². The second-order valence-electron chi connectivity index (χ2n) is 9.01. The minimum atomic E-state index is -1.22. The molecule has 37 heavy (non-hydrogen) atoms. The third-order valence-corrected chi connectivity index (χ3v) is 6.30. The van der Waals surface area contributed by atoms with Crippen LogP contribution in [0, 0.1) is 13.8 Å². The standard InChI is InChI=1S/C27H26Cl2N4O4/c1-15-13-30-26(27(3,4)35)32-23(15)18-9-10-20(28)21(12-18)33-16(2)31-24(22(29)25(33)34)37-14-17-7-6-8-19(11-17)36-5/h6-13,35H,14H2,1-5H3. The van der Waals surface area contributed by atoms with Crippen LogP contribution in [-0.2, 0) is 12.2 Å². The molecule has 0 aliphatic heterocycles. The number of benzene rings is 2. The van der Waals surface area contributed by atoms with Gasteiger partial charge in [0.15, 0.2) is 10.8 Å². The van der Waals surface area contributed by atoms with Crippen LogP contribution in [0.25, 0.3) is 16.9 Å². The van der Waals surface area contributed by atoms with Crippen molar-refractivity contribution in [3.8, 4) is 28.6 Å². The van der Waals surface area contributed by atoms with Crippen molar-refractivity contribution in [2.24, 2.45) is 0 Å². The second kappa shape index (κ2) is 10.5. The number of nitrogens with zero attached hydrogens (tertiary/aromatic N) is 4. The Bertz CT molecular complexity index is 1530. The van der Waals surface area contributed by atoms with Gasteiger partial charge in [-0.25, -0.2) is 9.97 Å². The van der Waals surface area contributed by atoms with Gasteiger partial charge >= 0.3 is 0 Å². The highest BCUT2D eigenvalue weighted by Crippen LogP contribution is 2.31. The Labute approximate surface area is 224 Å². The molecule has 0 radical (unpaired) electrons. The van der Waals surface area contributed by atoms with Gasteiger partial charge in [0.25, 0.3) is 5.56 Å². The molecule has 2 heterocycles. The lowest BCUT2D eigenvalue weighted by Crippen LogP contribution is -2.24. The van der Waals surface area contributed by atoms with E-state index in [1.165, 1.54) is 4.57 Å². The lowest BCUT2D eigenvalue weighted by atomic mass is 10.0. The predicted molar refractivity (Wildman–Crippen MR) is 143 cm³/mol. The fourth-order valence-corrected chi connectivity index (χ4v) is 4.12. The predicted octanol–water partition coefficient (Wildman–Crippen LogP) is 5.43. The molecule has 0 aliphatic carbocycles. The summed E-state index contributed by atoms with van der Waals surface area (Å²) in [6.07, 6.45) is 1.65. The number of halogens is 2. The zero-order valence-corrected chi connectivity index (χ0v) is 22.6. The summed E-state index contributed by atoms with van der Waals surface area (Å²) >= 11 is 12.9. The van der Waals surface area contributed by atoms with Crippen molar-refractivity contribution in [2.45, 2.75) is 39.9 Å². The second-order valence-corrected chi connectivity index (χ2v) is 9.79. The van der Waals surface area contributed by atoms with Crippen LogP contribution in [0.5, 0.6) is 11.6 Å². The van der Waals surface area contributed by atoms with E-state index in [2.05, 4.69) is 15.0 Å². The highest BCUT2D eigenvalue weighted by atomic mass is 35.5. The number of aryl methyl sites for hydroxylation is 2. The summed E-state index contributed by atoms with van der Waals surface area (Å²) in [4.78, 5) is 26.6. The minimum Gasteiger partial charge on any atom is -0.497 e. The fourth-order valence-electron chi connectivity index (χ4n) is 3.74. The number of methoxy groups -OCH3 is 1. The molecule has 0 spiro atoms. The zero-order chi connectivity index (χ0) is 26.9. The van der Waals surface area contributed by atoms with Gasteiger partial charge in [-0.2, -0.15) is 4.98 Å². The number of hydrogen-bond acceptors (Lipinski definition) is 7. The molecule has 2 aromatic carbocycles. The van der Waals surface area contributed by atoms with Crippen molar-refractivity contribution in [2.75, 3.05) is 7.11 Å². The normalized spacial score (nSPS) is 11.5. The van der Waals surface area contributed by atoms with Gasteiger partial charge in [-0.05, 0) is 63.1 Å². The van der Waals surface area contributed by atoms with Crippen molar-refractivity contribution in [3.63, 3.8) is 0 Å². The van der Waals surface area contributed by atoms with Crippen molar-refractivity contribution in [3.05, 3.63) is 91.8 Å². The van der Waals surface area contributed by atoms with Crippen molar-refractivity contribution in [1.82, 2.24) is 19.5 Å². The topological polar surface area (TPSA) is 99.4 Å². The Morgan fingerprint density at radius 1 is 1.08 bits per heavy atom. The number of ether oxygens (including phenoxy) is 2. The molecule has 4 aromatic rings. The highest BCUT2D eigenvalue weighted by molar-refractivity contribution is 6.33. The van der Waals surface area contributed by atoms with Gasteiger partial charge in [0, 0.05) is 11.8 Å². The summed E-state index contributed by atoms with van der Waals surface area (Å²) in [5.41, 5.74) is 1.56. The van der Waals surface area contributed by atoms with Crippen LogP contribution in [0.4, 0.5) is 0 Å². The molecular weight excluding hydrogens is 515 g/mol. The van der Waals surface area contributed by atoms with E-state index in [-0.39, 0.29) is 23.3 Å². The maximum atomic E-state index is 13.3. The van der Waals surface area contributed by atoms with Crippen LogP contribution in [0.15, 0.2) is 53.5 Å². The first-order valence-electron chi connectivity index (χ1n) is 11.4. The van der Waals surface area contributed by atoms with E-state index in [4.69, 9.17) is 32.7 Å². The van der Waals surface area contributed by atoms with Gasteiger partial charge in [-0.1, -0.05) is 41.4 Å². The highest BCUT2D eigenvalue weighted by Gasteiger charge is 2.22. The quantitative estimate of drug-likeness (QED) is 0.333. The van der Waals surface area contributed by atoms with E-state index in [0.29, 0.717) is 33.5 Å². The van der Waals surface area contributed by atoms with Crippen LogP contribution in [0.2, 0.25) is 10.0 Å². The van der Waals surface area contributed by atoms with Crippen LogP contribution in [0.3, 0.4) is 0 Å². The van der Waals surface area contributed by atoms with E-state index in [1.807, 2.05) is 31.2 Å². The van der Waals surface area contributed by atoms with Gasteiger partial charge in [-0.3, -0.25) is 9.36 Å². The third kappa shape index (κ3) is 5.61. The van der Waals surface area contributed by atoms with E-state index in [1.54, 1.807) is 52.3 Å². The Hall–Kier alpha value is -3.46. The molecule has 0 unspecified atom stereocenters. The Balaban J connectivity index is 1.73. The van der Waals surface area contributed by atoms with Crippen LogP contribution < -0.4 is 15.0 Å². The summed E-state index contributed by atoms with van der Waals surface area (Å²) in [6.45, 7) is 6.91. The molecule has 0 amide bonds. The lowest BCUT2D eigenvalue weighted by molar-refractivity contribution is 0.0688. The number of rotatable bonds is 7. The first-order valence-corrected chi connectivity index (χ1v) is 12.2. The number of aliphatic hydroxyl groups is 1. The molecule has 0 saturated heterocycles. The van der Waals surface area contributed by atoms with Gasteiger partial charge in [0.2, 0.25) is 5.88 Å². The van der Waals surface area contributed by atoms with Crippen LogP contribution >= 0.6 is 23.2 Å². The van der Waals surface area contributed by atoms with Gasteiger partial charge in [-0.15, -0.1) is 0 Å². The first-order chi connectivity index (χ1) is 17.5. The summed E-state index contributed by atoms with van der Waals surface area (Å²) in [5, 5.41) is 10.5. The molecule has 0 aliphatic rings. The SMILES string of the molecule is COc1cccc(COc2nc(C)n(-c3cc(-c4nc(C(C)(C)O)ncc4C)ccc3Cl)c(=O)c2Cl)c1. The Morgan fingerprint density at radius 2 is 1.84 bits per heavy atom. The van der Waals surface area contributed by atoms with Crippen LogP contribution in [0.1, 0.15) is 36.6 Å². The molecule has 8 nitrogen and oxygen atoms in total. The van der Waals surface area contributed by atoms with Gasteiger partial charge < -0.3 is 14.6 Å². The average Bonchev–Trinajstić information content (AvgIpc) is 2.86. The summed E-state index contributed by atoms with van der Waals surface area (Å²) < 4.78 is 12.3. The maximum Gasteiger partial charge on any atom is 0.280 e. The van der Waals surface area contributed by atoms with E-state index in [0.717, 1.165) is 11.1 Å². The molecule has 10 heteroatoms. The summed E-state index contributed by atoms with van der Waals surface area (Å²) in [6, 6.07) is 12.6. The molecule has 1 N–H and O–H groups in total. The van der Waals surface area contributed by atoms with E-state index in [9.17, 15) is 9.90 Å². The van der Waals surface area contributed by atoms with Crippen molar-refractivity contribution >= 4 is 23.2 Å². The Morgan fingerprint density at radius 3 is 2.54 bits per heavy atom. The smallest absolute Gasteiger partial charge is 0.280 e. The summed E-state index contributed by atoms with van der Waals surface area (Å²) in [5.74, 6) is 1.33. The third-order valence-electron chi connectivity index (χ3n) is 5.65. The van der Waals surface area contributed by atoms with Gasteiger partial charge in [0.1, 0.15) is 23.8 Å². The van der Waals surface area contributed by atoms with E-state index >= 15 is 0 Å².